The summed E-state index contributed by atoms with van der Waals surface area (Å²) in [5.41, 5.74) is 0.650. The molecular formula is C19H29BrN4O2S. The topological polar surface area (TPSA) is 77.7 Å². The minimum Gasteiger partial charge on any atom is -0.220 e. The second kappa shape index (κ2) is 12.2. The molecule has 0 atom stereocenters. The minimum atomic E-state index is -3.48. The lowest BCUT2D eigenvalue weighted by atomic mass is 10.1. The quantitative estimate of drug-likeness (QED) is 0.303. The average molecular weight is 457 g/mol. The maximum atomic E-state index is 12.6. The van der Waals surface area contributed by atoms with Crippen molar-refractivity contribution in [2.75, 3.05) is 11.1 Å². The summed E-state index contributed by atoms with van der Waals surface area (Å²) in [5.74, 6) is 0.0900. The number of sulfone groups is 1. The molecule has 0 spiro atoms. The van der Waals surface area contributed by atoms with E-state index in [9.17, 15) is 8.42 Å². The first-order valence-corrected chi connectivity index (χ1v) is 12.5. The van der Waals surface area contributed by atoms with Crippen LogP contribution in [0.15, 0.2) is 35.5 Å². The lowest BCUT2D eigenvalue weighted by Crippen LogP contribution is -2.14. The highest BCUT2D eigenvalue weighted by Gasteiger charge is 2.23. The molecule has 0 aliphatic heterocycles. The van der Waals surface area contributed by atoms with Crippen LogP contribution in [-0.4, -0.2) is 39.7 Å². The minimum absolute atomic E-state index is 0.0721. The molecule has 0 radical (unpaired) electrons. The van der Waals surface area contributed by atoms with Crippen molar-refractivity contribution in [2.45, 2.75) is 69.4 Å². The van der Waals surface area contributed by atoms with Crippen molar-refractivity contribution in [3.05, 3.63) is 30.3 Å². The molecule has 0 amide bonds. The number of unbranched alkanes of at least 4 members (excludes halogenated alkanes) is 9. The predicted octanol–water partition coefficient (Wildman–Crippen LogP) is 4.73. The van der Waals surface area contributed by atoms with E-state index in [2.05, 4.69) is 31.5 Å². The Morgan fingerprint density at radius 1 is 0.815 bits per heavy atom. The third kappa shape index (κ3) is 7.70. The van der Waals surface area contributed by atoms with Crippen LogP contribution in [0.1, 0.15) is 64.2 Å². The van der Waals surface area contributed by atoms with Crippen molar-refractivity contribution in [2.24, 2.45) is 0 Å². The van der Waals surface area contributed by atoms with E-state index < -0.39 is 9.84 Å². The largest absolute Gasteiger partial charge is 0.272 e. The van der Waals surface area contributed by atoms with Crippen LogP contribution in [0.2, 0.25) is 0 Å². The van der Waals surface area contributed by atoms with Gasteiger partial charge >= 0.3 is 0 Å². The Labute approximate surface area is 170 Å². The smallest absolute Gasteiger partial charge is 0.220 e. The molecule has 0 aliphatic rings. The van der Waals surface area contributed by atoms with Crippen molar-refractivity contribution >= 4 is 25.8 Å². The van der Waals surface area contributed by atoms with E-state index in [1.165, 1.54) is 49.6 Å². The first-order valence-electron chi connectivity index (χ1n) is 9.77. The summed E-state index contributed by atoms with van der Waals surface area (Å²) in [6.45, 7) is 0. The van der Waals surface area contributed by atoms with Crippen molar-refractivity contribution in [1.29, 1.82) is 0 Å². The molecule has 0 fully saturated rings. The summed E-state index contributed by atoms with van der Waals surface area (Å²) < 4.78 is 26.5. The molecule has 150 valence electrons. The van der Waals surface area contributed by atoms with E-state index in [4.69, 9.17) is 0 Å². The maximum Gasteiger partial charge on any atom is 0.272 e. The molecular weight excluding hydrogens is 428 g/mol. The highest BCUT2D eigenvalue weighted by Crippen LogP contribution is 2.16. The van der Waals surface area contributed by atoms with Crippen molar-refractivity contribution in [3.63, 3.8) is 0 Å². The lowest BCUT2D eigenvalue weighted by Gasteiger charge is -2.06. The summed E-state index contributed by atoms with van der Waals surface area (Å²) in [6, 6.07) is 9.10. The van der Waals surface area contributed by atoms with Crippen molar-refractivity contribution < 1.29 is 8.42 Å². The normalized spacial score (nSPS) is 11.7. The molecule has 0 N–H and O–H groups in total. The SMILES string of the molecule is O=S(=O)(CCCCCCCCCCCCBr)c1nnnn1-c1ccccc1. The number of hydrogen-bond donors (Lipinski definition) is 0. The molecule has 0 saturated heterocycles. The lowest BCUT2D eigenvalue weighted by molar-refractivity contribution is 0.555. The maximum absolute atomic E-state index is 12.6. The summed E-state index contributed by atoms with van der Waals surface area (Å²) >= 11 is 3.45. The highest BCUT2D eigenvalue weighted by molar-refractivity contribution is 9.09. The molecule has 2 rings (SSSR count). The Bertz CT molecular complexity index is 750. The first-order chi connectivity index (χ1) is 13.1. The zero-order chi connectivity index (χ0) is 19.4. The summed E-state index contributed by atoms with van der Waals surface area (Å²) in [4.78, 5) is 0. The Balaban J connectivity index is 1.67. The molecule has 0 saturated carbocycles. The van der Waals surface area contributed by atoms with E-state index in [-0.39, 0.29) is 10.9 Å². The van der Waals surface area contributed by atoms with Gasteiger partial charge in [-0.25, -0.2) is 8.42 Å². The van der Waals surface area contributed by atoms with Gasteiger partial charge in [-0.2, -0.15) is 4.68 Å². The van der Waals surface area contributed by atoms with E-state index in [1.807, 2.05) is 18.2 Å². The van der Waals surface area contributed by atoms with Gasteiger partial charge in [0.1, 0.15) is 0 Å². The zero-order valence-corrected chi connectivity index (χ0v) is 18.2. The van der Waals surface area contributed by atoms with Gasteiger partial charge in [0.25, 0.3) is 5.16 Å². The standard InChI is InChI=1S/C19H29BrN4O2S/c20-16-12-7-5-3-1-2-4-6-8-13-17-27(25,26)19-21-22-23-24(19)18-14-10-9-11-15-18/h9-11,14-15H,1-8,12-13,16-17H2. The van der Waals surface area contributed by atoms with Gasteiger partial charge < -0.3 is 0 Å². The Hall–Kier alpha value is -1.28. The number of hydrogen-bond acceptors (Lipinski definition) is 5. The van der Waals surface area contributed by atoms with Crippen LogP contribution in [0.25, 0.3) is 5.69 Å². The average Bonchev–Trinajstić information content (AvgIpc) is 3.18. The van der Waals surface area contributed by atoms with Crippen LogP contribution in [0.4, 0.5) is 0 Å². The summed E-state index contributed by atoms with van der Waals surface area (Å²) in [6.07, 6.45) is 11.6. The monoisotopic (exact) mass is 456 g/mol. The molecule has 2 aromatic rings. The second-order valence-electron chi connectivity index (χ2n) is 6.75. The van der Waals surface area contributed by atoms with Gasteiger partial charge in [0.2, 0.25) is 9.84 Å². The van der Waals surface area contributed by atoms with E-state index in [1.54, 1.807) is 12.1 Å². The third-order valence-electron chi connectivity index (χ3n) is 4.52. The fraction of sp³-hybridized carbons (Fsp3) is 0.632. The van der Waals surface area contributed by atoms with E-state index >= 15 is 0 Å². The Morgan fingerprint density at radius 3 is 1.96 bits per heavy atom. The van der Waals surface area contributed by atoms with Crippen LogP contribution in [0.3, 0.4) is 0 Å². The molecule has 0 aliphatic carbocycles. The second-order valence-corrected chi connectivity index (χ2v) is 9.55. The van der Waals surface area contributed by atoms with Gasteiger partial charge in [0.05, 0.1) is 11.4 Å². The molecule has 27 heavy (non-hydrogen) atoms. The fourth-order valence-corrected chi connectivity index (χ4v) is 4.73. The number of aromatic nitrogens is 4. The number of alkyl halides is 1. The van der Waals surface area contributed by atoms with Gasteiger partial charge in [-0.15, -0.1) is 0 Å². The van der Waals surface area contributed by atoms with Gasteiger partial charge in [-0.3, -0.25) is 0 Å². The van der Waals surface area contributed by atoms with Gasteiger partial charge in [0.15, 0.2) is 0 Å². The van der Waals surface area contributed by atoms with E-state index in [0.29, 0.717) is 12.1 Å². The highest BCUT2D eigenvalue weighted by atomic mass is 79.9. The first kappa shape index (κ1) is 22.0. The molecule has 0 bridgehead atoms. The Kier molecular flexibility index (Phi) is 9.97. The number of halogens is 1. The van der Waals surface area contributed by atoms with Gasteiger partial charge in [-0.1, -0.05) is 90.6 Å². The molecule has 1 heterocycles. The predicted molar refractivity (Wildman–Crippen MR) is 111 cm³/mol. The molecule has 6 nitrogen and oxygen atoms in total. The molecule has 0 unspecified atom stereocenters. The Morgan fingerprint density at radius 2 is 1.37 bits per heavy atom. The van der Waals surface area contributed by atoms with Crippen molar-refractivity contribution in [3.8, 4) is 5.69 Å². The van der Waals surface area contributed by atoms with Crippen LogP contribution in [-0.2, 0) is 9.84 Å². The molecule has 8 heteroatoms. The summed E-state index contributed by atoms with van der Waals surface area (Å²) in [5, 5.41) is 12.2. The van der Waals surface area contributed by atoms with Crippen LogP contribution < -0.4 is 0 Å². The van der Waals surface area contributed by atoms with E-state index in [0.717, 1.165) is 18.2 Å². The number of nitrogens with zero attached hydrogens (tertiary/aromatic N) is 4. The zero-order valence-electron chi connectivity index (χ0n) is 15.8. The van der Waals surface area contributed by atoms with Crippen LogP contribution in [0, 0.1) is 0 Å². The summed E-state index contributed by atoms with van der Waals surface area (Å²) in [7, 11) is -3.48. The number of tetrazole rings is 1. The van der Waals surface area contributed by atoms with Crippen LogP contribution in [0.5, 0.6) is 0 Å². The molecule has 1 aromatic heterocycles. The molecule has 1 aromatic carbocycles. The number of rotatable bonds is 14. The fourth-order valence-electron chi connectivity index (χ4n) is 3.00. The van der Waals surface area contributed by atoms with Crippen LogP contribution >= 0.6 is 15.9 Å². The number of benzene rings is 1. The van der Waals surface area contributed by atoms with Crippen molar-refractivity contribution in [1.82, 2.24) is 20.2 Å². The third-order valence-corrected chi connectivity index (χ3v) is 6.71. The number of para-hydroxylation sites is 1. The van der Waals surface area contributed by atoms with Gasteiger partial charge in [-0.05, 0) is 35.4 Å². The van der Waals surface area contributed by atoms with Gasteiger partial charge in [0, 0.05) is 5.33 Å².